The van der Waals surface area contributed by atoms with Crippen LogP contribution >= 0.6 is 21.6 Å². The topological polar surface area (TPSA) is 160 Å². The van der Waals surface area contributed by atoms with Crippen LogP contribution in [0.25, 0.3) is 21.8 Å². The van der Waals surface area contributed by atoms with Gasteiger partial charge in [-0.2, -0.15) is 14.2 Å². The van der Waals surface area contributed by atoms with Gasteiger partial charge in [0, 0.05) is 93.3 Å². The molecule has 2 amide bonds. The molecule has 0 fully saturated rings. The zero-order valence-corrected chi connectivity index (χ0v) is 32.1. The number of aliphatic hydroxyl groups is 2. The van der Waals surface area contributed by atoms with Gasteiger partial charge in [0.2, 0.25) is 22.8 Å². The zero-order chi connectivity index (χ0) is 38.0. The summed E-state index contributed by atoms with van der Waals surface area (Å²) in [7, 11) is 3.39. The number of carbonyl (C=O) groups excluding carboxylic acids is 2. The second-order valence-corrected chi connectivity index (χ2v) is 15.3. The third kappa shape index (κ3) is 12.1. The zero-order valence-electron chi connectivity index (χ0n) is 30.5. The number of amides is 2. The highest BCUT2D eigenvalue weighted by molar-refractivity contribution is 8.76. The number of hydrogen-bond donors (Lipinski definition) is 5. The van der Waals surface area contributed by atoms with Gasteiger partial charge in [-0.1, -0.05) is 45.9 Å². The third-order valence-electron chi connectivity index (χ3n) is 8.79. The Balaban J connectivity index is 0.948. The molecule has 5 rings (SSSR count). The van der Waals surface area contributed by atoms with Crippen molar-refractivity contribution in [3.8, 4) is 0 Å². The third-order valence-corrected chi connectivity index (χ3v) is 11.2. The van der Waals surface area contributed by atoms with E-state index in [-0.39, 0.29) is 25.0 Å². The van der Waals surface area contributed by atoms with Gasteiger partial charge in [-0.25, -0.2) is 0 Å². The molecule has 6 N–H and O–H groups in total. The molecule has 0 atom stereocenters. The van der Waals surface area contributed by atoms with Crippen molar-refractivity contribution in [1.82, 2.24) is 10.6 Å². The van der Waals surface area contributed by atoms with Crippen molar-refractivity contribution in [3.05, 3.63) is 97.3 Å². The number of rotatable bonds is 22. The number of para-hydroxylation sites is 2. The van der Waals surface area contributed by atoms with E-state index in [9.17, 15) is 19.8 Å². The van der Waals surface area contributed by atoms with E-state index in [1.54, 1.807) is 21.6 Å². The maximum atomic E-state index is 12.5. The van der Waals surface area contributed by atoms with Gasteiger partial charge in [-0.05, 0) is 36.4 Å². The number of nitrogen functional groups attached to an aromatic ring is 1. The highest BCUT2D eigenvalue weighted by Gasteiger charge is 2.14. The van der Waals surface area contributed by atoms with Crippen LogP contribution in [-0.4, -0.2) is 72.9 Å². The number of nitrogens with one attached hydrogen (secondary N) is 2. The molecule has 0 unspecified atom stereocenters. The number of anilines is 2. The van der Waals surface area contributed by atoms with Crippen molar-refractivity contribution in [2.75, 3.05) is 61.5 Å². The lowest BCUT2D eigenvalue weighted by atomic mass is 10.1. The monoisotopic (exact) mass is 770 g/mol. The number of fused-ring (bicyclic) bond motifs is 2. The van der Waals surface area contributed by atoms with Crippen molar-refractivity contribution in [1.29, 1.82) is 0 Å². The number of azo groups is 1. The summed E-state index contributed by atoms with van der Waals surface area (Å²) in [6, 6.07) is 27.5. The lowest BCUT2D eigenvalue weighted by Crippen LogP contribution is -2.35. The summed E-state index contributed by atoms with van der Waals surface area (Å²) in [5.74, 6) is 1.69. The molecular formula is C40H50N8O4S2+2. The van der Waals surface area contributed by atoms with Crippen LogP contribution in [0.15, 0.2) is 108 Å². The SMILES string of the molecule is Nc1cc[n+](CCCC(=O)NCCSSCCNC(=O)CCC[n+]2ccc(/N=N/c3ccc(N(CCO)CCO)cc3)c3ccccc32)c2ccccc12. The molecule has 0 aliphatic rings. The van der Waals surface area contributed by atoms with Gasteiger partial charge in [0.05, 0.1) is 35.4 Å². The van der Waals surface area contributed by atoms with E-state index in [2.05, 4.69) is 30.0 Å². The van der Waals surface area contributed by atoms with Crippen LogP contribution in [0.4, 0.5) is 22.7 Å². The number of carbonyl (C=O) groups is 2. The maximum absolute atomic E-state index is 12.5. The number of aryl methyl sites for hydroxylation is 2. The summed E-state index contributed by atoms with van der Waals surface area (Å²) in [6.45, 7) is 3.55. The molecule has 0 radical (unpaired) electrons. The smallest absolute Gasteiger partial charge is 0.220 e. The number of benzene rings is 3. The molecule has 0 spiro atoms. The normalized spacial score (nSPS) is 11.4. The van der Waals surface area contributed by atoms with Crippen LogP contribution in [0.5, 0.6) is 0 Å². The Hall–Kier alpha value is -4.76. The van der Waals surface area contributed by atoms with Crippen molar-refractivity contribution in [2.24, 2.45) is 10.2 Å². The van der Waals surface area contributed by atoms with Crippen LogP contribution in [0.3, 0.4) is 0 Å². The molecule has 2 heterocycles. The van der Waals surface area contributed by atoms with Crippen LogP contribution in [0.2, 0.25) is 0 Å². The fourth-order valence-corrected chi connectivity index (χ4v) is 7.90. The van der Waals surface area contributed by atoms with Gasteiger partial charge in [0.1, 0.15) is 18.8 Å². The van der Waals surface area contributed by atoms with Crippen molar-refractivity contribution >= 4 is 78.0 Å². The molecule has 12 nitrogen and oxygen atoms in total. The van der Waals surface area contributed by atoms with E-state index in [4.69, 9.17) is 5.73 Å². The first-order chi connectivity index (χ1) is 26.5. The number of aliphatic hydroxyl groups excluding tert-OH is 2. The first-order valence-corrected chi connectivity index (χ1v) is 20.8. The van der Waals surface area contributed by atoms with Crippen LogP contribution < -0.4 is 30.4 Å². The predicted molar refractivity (Wildman–Crippen MR) is 219 cm³/mol. The highest BCUT2D eigenvalue weighted by Crippen LogP contribution is 2.27. The van der Waals surface area contributed by atoms with Gasteiger partial charge in [0.25, 0.3) is 0 Å². The first-order valence-electron chi connectivity index (χ1n) is 18.3. The van der Waals surface area contributed by atoms with Gasteiger partial charge in [-0.3, -0.25) is 9.59 Å². The molecule has 0 aliphatic heterocycles. The Labute approximate surface area is 324 Å². The minimum Gasteiger partial charge on any atom is -0.398 e. The standard InChI is InChI=1S/C40H48N8O4S2/c41-35-17-23-47(37-9-3-1-7-33(35)37)21-5-11-39(51)42-19-29-53-54-30-20-43-40(52)12-6-22-48-24-18-36(34-8-2-4-10-38(34)48)45-44-31-13-15-32(16-14-31)46(25-27-49)26-28-50/h1-4,7-10,13-18,23-24,41,49-50H,5-6,11-12,19-22,25-30H2,(H-,42,43,51,52)/p+2. The molecule has 54 heavy (non-hydrogen) atoms. The second kappa shape index (κ2) is 21.8. The van der Waals surface area contributed by atoms with Gasteiger partial charge in [0.15, 0.2) is 12.4 Å². The van der Waals surface area contributed by atoms with Crippen molar-refractivity contribution < 1.29 is 28.9 Å². The lowest BCUT2D eigenvalue weighted by Gasteiger charge is -2.22. The first kappa shape index (κ1) is 40.4. The molecule has 5 aromatic rings. The molecule has 284 valence electrons. The molecule has 3 aromatic carbocycles. The minimum atomic E-state index is 0.00666. The second-order valence-electron chi connectivity index (χ2n) is 12.6. The number of aromatic nitrogens is 2. The van der Waals surface area contributed by atoms with Gasteiger partial charge in [-0.15, -0.1) is 5.11 Å². The van der Waals surface area contributed by atoms with E-state index in [0.717, 1.165) is 63.3 Å². The average Bonchev–Trinajstić information content (AvgIpc) is 3.19. The molecule has 0 saturated heterocycles. The molecule has 14 heteroatoms. The fourth-order valence-electron chi connectivity index (χ4n) is 6.09. The number of nitrogens with zero attached hydrogens (tertiary/aromatic N) is 5. The van der Waals surface area contributed by atoms with E-state index in [1.165, 1.54) is 0 Å². The number of nitrogens with two attached hydrogens (primary N) is 1. The minimum absolute atomic E-state index is 0.00666. The number of hydrogen-bond acceptors (Lipinski definition) is 10. The van der Waals surface area contributed by atoms with Crippen LogP contribution in [0, 0.1) is 0 Å². The number of pyridine rings is 2. The fraction of sp³-hybridized carbons (Fsp3) is 0.350. The van der Waals surface area contributed by atoms with E-state index >= 15 is 0 Å². The quantitative estimate of drug-likeness (QED) is 0.0277. The van der Waals surface area contributed by atoms with Crippen LogP contribution in [0.1, 0.15) is 25.7 Å². The van der Waals surface area contributed by atoms with Crippen molar-refractivity contribution in [3.63, 3.8) is 0 Å². The Morgan fingerprint density at radius 2 is 1.22 bits per heavy atom. The summed E-state index contributed by atoms with van der Waals surface area (Å²) < 4.78 is 4.28. The summed E-state index contributed by atoms with van der Waals surface area (Å²) in [6.07, 6.45) is 6.32. The van der Waals surface area contributed by atoms with Crippen LogP contribution in [-0.2, 0) is 22.7 Å². The van der Waals surface area contributed by atoms with E-state index in [0.29, 0.717) is 57.7 Å². The summed E-state index contributed by atoms with van der Waals surface area (Å²) >= 11 is 0. The largest absolute Gasteiger partial charge is 0.398 e. The Bertz CT molecular complexity index is 1990. The molecule has 0 bridgehead atoms. The van der Waals surface area contributed by atoms with E-state index < -0.39 is 0 Å². The molecular weight excluding hydrogens is 721 g/mol. The Morgan fingerprint density at radius 1 is 0.685 bits per heavy atom. The van der Waals surface area contributed by atoms with E-state index in [1.807, 2.05) is 102 Å². The Morgan fingerprint density at radius 3 is 1.81 bits per heavy atom. The average molecular weight is 771 g/mol. The molecule has 0 aliphatic carbocycles. The summed E-state index contributed by atoms with van der Waals surface area (Å²) in [4.78, 5) is 26.8. The highest BCUT2D eigenvalue weighted by atomic mass is 33.1. The predicted octanol–water partition coefficient (Wildman–Crippen LogP) is 5.23. The maximum Gasteiger partial charge on any atom is 0.220 e. The van der Waals surface area contributed by atoms with Gasteiger partial charge < -0.3 is 31.5 Å². The summed E-state index contributed by atoms with van der Waals surface area (Å²) in [5.41, 5.74) is 11.3. The Kier molecular flexibility index (Phi) is 16.3. The molecule has 2 aromatic heterocycles. The lowest BCUT2D eigenvalue weighted by molar-refractivity contribution is -0.671. The summed E-state index contributed by atoms with van der Waals surface area (Å²) in [5, 5.41) is 35.6. The van der Waals surface area contributed by atoms with Gasteiger partial charge >= 0.3 is 0 Å². The molecule has 0 saturated carbocycles. The van der Waals surface area contributed by atoms with Crippen molar-refractivity contribution in [2.45, 2.75) is 38.8 Å².